The lowest BCUT2D eigenvalue weighted by molar-refractivity contribution is 0.443. The van der Waals surface area contributed by atoms with Crippen LogP contribution in [0.15, 0.2) is 48.5 Å². The Kier molecular flexibility index (Phi) is 6.31. The first-order valence-corrected chi connectivity index (χ1v) is 14.8. The highest BCUT2D eigenvalue weighted by Crippen LogP contribution is 2.33. The maximum Gasteiger partial charge on any atom is 0.310 e. The van der Waals surface area contributed by atoms with Gasteiger partial charge in [0.25, 0.3) is 0 Å². The van der Waals surface area contributed by atoms with Crippen LogP contribution >= 0.6 is 22.2 Å². The van der Waals surface area contributed by atoms with Gasteiger partial charge in [0, 0.05) is 0 Å². The third-order valence-electron chi connectivity index (χ3n) is 6.70. The van der Waals surface area contributed by atoms with Crippen LogP contribution in [-0.2, 0) is 0 Å². The van der Waals surface area contributed by atoms with Crippen molar-refractivity contribution in [3.05, 3.63) is 59.7 Å². The van der Waals surface area contributed by atoms with Crippen LogP contribution < -0.4 is 10.4 Å². The zero-order chi connectivity index (χ0) is 18.7. The molecule has 2 aromatic rings. The summed E-state index contributed by atoms with van der Waals surface area (Å²) in [5.74, 6) is 1.45. The maximum absolute atomic E-state index is 6.97. The first-order chi connectivity index (χ1) is 13.1. The molecule has 0 radical (unpaired) electrons. The van der Waals surface area contributed by atoms with E-state index in [0.29, 0.717) is 0 Å². The highest BCUT2D eigenvalue weighted by atomic mass is 35.7. The Morgan fingerprint density at radius 1 is 0.519 bits per heavy atom. The summed E-state index contributed by atoms with van der Waals surface area (Å²) in [7, 11) is 0. The molecule has 0 spiro atoms. The molecule has 27 heavy (non-hydrogen) atoms. The summed E-state index contributed by atoms with van der Waals surface area (Å²) < 4.78 is 0. The van der Waals surface area contributed by atoms with Crippen molar-refractivity contribution in [1.29, 1.82) is 0 Å². The molecule has 144 valence electrons. The molecule has 2 aliphatic rings. The fraction of sp³-hybridized carbons (Fsp3) is 0.500. The molecule has 0 saturated heterocycles. The van der Waals surface area contributed by atoms with Crippen LogP contribution in [0.4, 0.5) is 0 Å². The van der Waals surface area contributed by atoms with Gasteiger partial charge in [0.15, 0.2) is 0 Å². The van der Waals surface area contributed by atoms with Crippen LogP contribution in [0.1, 0.15) is 87.2 Å². The Morgan fingerprint density at radius 2 is 0.852 bits per heavy atom. The van der Waals surface area contributed by atoms with Gasteiger partial charge in [0.1, 0.15) is 0 Å². The number of rotatable bonds is 4. The fourth-order valence-electron chi connectivity index (χ4n) is 4.97. The van der Waals surface area contributed by atoms with Gasteiger partial charge in [-0.2, -0.15) is 0 Å². The predicted octanol–water partition coefficient (Wildman–Crippen LogP) is 6.82. The van der Waals surface area contributed by atoms with Crippen LogP contribution in [-0.4, -0.2) is 6.69 Å². The molecule has 4 rings (SSSR count). The maximum atomic E-state index is 6.97. The fourth-order valence-corrected chi connectivity index (χ4v) is 7.98. The summed E-state index contributed by atoms with van der Waals surface area (Å²) in [6.45, 7) is -2.66. The van der Waals surface area contributed by atoms with Gasteiger partial charge in [0.2, 0.25) is 0 Å². The van der Waals surface area contributed by atoms with Gasteiger partial charge >= 0.3 is 6.69 Å². The van der Waals surface area contributed by atoms with Crippen molar-refractivity contribution in [2.24, 2.45) is 0 Å². The van der Waals surface area contributed by atoms with Gasteiger partial charge in [-0.25, -0.2) is 0 Å². The average Bonchev–Trinajstić information content (AvgIpc) is 2.75. The highest BCUT2D eigenvalue weighted by Gasteiger charge is 2.34. The normalized spacial score (nSPS) is 19.9. The van der Waals surface area contributed by atoms with Gasteiger partial charge in [-0.15, -0.1) is 22.2 Å². The van der Waals surface area contributed by atoms with Gasteiger partial charge in [-0.3, -0.25) is 0 Å². The average molecular weight is 417 g/mol. The molecule has 2 aliphatic carbocycles. The molecule has 0 atom stereocenters. The van der Waals surface area contributed by atoms with Crippen molar-refractivity contribution in [3.8, 4) is 0 Å². The van der Waals surface area contributed by atoms with E-state index in [4.69, 9.17) is 22.2 Å². The van der Waals surface area contributed by atoms with Crippen molar-refractivity contribution in [2.75, 3.05) is 0 Å². The monoisotopic (exact) mass is 416 g/mol. The molecule has 0 nitrogen and oxygen atoms in total. The molecular weight excluding hydrogens is 387 g/mol. The SMILES string of the molecule is Cl[Si](Cl)(c1ccc(C2CCCCC2)cc1)c1ccc(C2CCCCC2)cc1. The summed E-state index contributed by atoms with van der Waals surface area (Å²) in [4.78, 5) is 0. The molecule has 2 fully saturated rings. The largest absolute Gasteiger partial charge is 0.310 e. The summed E-state index contributed by atoms with van der Waals surface area (Å²) in [6, 6.07) is 17.8. The van der Waals surface area contributed by atoms with Crippen molar-refractivity contribution >= 4 is 39.2 Å². The van der Waals surface area contributed by atoms with Crippen LogP contribution in [0.25, 0.3) is 0 Å². The van der Waals surface area contributed by atoms with Gasteiger partial charge in [-0.1, -0.05) is 87.1 Å². The molecule has 0 aliphatic heterocycles. The van der Waals surface area contributed by atoms with Crippen LogP contribution in [0.3, 0.4) is 0 Å². The first-order valence-electron chi connectivity index (χ1n) is 10.7. The van der Waals surface area contributed by atoms with Crippen molar-refractivity contribution < 1.29 is 0 Å². The second-order valence-corrected chi connectivity index (χ2v) is 14.8. The van der Waals surface area contributed by atoms with Crippen molar-refractivity contribution in [1.82, 2.24) is 0 Å². The Bertz CT molecular complexity index is 660. The minimum absolute atomic E-state index is 0.726. The predicted molar refractivity (Wildman–Crippen MR) is 121 cm³/mol. The molecule has 0 N–H and O–H groups in total. The van der Waals surface area contributed by atoms with E-state index in [9.17, 15) is 0 Å². The van der Waals surface area contributed by atoms with E-state index in [0.717, 1.165) is 22.2 Å². The molecule has 0 unspecified atom stereocenters. The van der Waals surface area contributed by atoms with Crippen molar-refractivity contribution in [2.45, 2.75) is 76.0 Å². The lowest BCUT2D eigenvalue weighted by Crippen LogP contribution is -2.48. The van der Waals surface area contributed by atoms with E-state index in [1.165, 1.54) is 75.3 Å². The molecule has 0 amide bonds. The minimum atomic E-state index is -2.66. The zero-order valence-electron chi connectivity index (χ0n) is 16.1. The number of halogens is 2. The van der Waals surface area contributed by atoms with Crippen LogP contribution in [0.2, 0.25) is 0 Å². The number of benzene rings is 2. The first kappa shape index (κ1) is 19.5. The van der Waals surface area contributed by atoms with E-state index in [-0.39, 0.29) is 0 Å². The van der Waals surface area contributed by atoms with Crippen molar-refractivity contribution in [3.63, 3.8) is 0 Å². The molecule has 0 heterocycles. The zero-order valence-corrected chi connectivity index (χ0v) is 18.6. The van der Waals surface area contributed by atoms with Crippen LogP contribution in [0, 0.1) is 0 Å². The lowest BCUT2D eigenvalue weighted by atomic mass is 9.84. The lowest BCUT2D eigenvalue weighted by Gasteiger charge is -2.24. The second-order valence-electron chi connectivity index (χ2n) is 8.49. The van der Waals surface area contributed by atoms with E-state index >= 15 is 0 Å². The Hall–Kier alpha value is -0.763. The van der Waals surface area contributed by atoms with Crippen LogP contribution in [0.5, 0.6) is 0 Å². The molecule has 0 bridgehead atoms. The smallest absolute Gasteiger partial charge is 0.134 e. The minimum Gasteiger partial charge on any atom is -0.134 e. The van der Waals surface area contributed by atoms with E-state index in [1.54, 1.807) is 0 Å². The van der Waals surface area contributed by atoms with E-state index < -0.39 is 6.69 Å². The Balaban J connectivity index is 1.50. The highest BCUT2D eigenvalue weighted by molar-refractivity contribution is 7.56. The van der Waals surface area contributed by atoms with Gasteiger partial charge in [0.05, 0.1) is 0 Å². The quantitative estimate of drug-likeness (QED) is 0.378. The molecule has 2 saturated carbocycles. The molecular formula is C24H30Cl2Si. The van der Waals surface area contributed by atoms with E-state index in [2.05, 4.69) is 48.5 Å². The summed E-state index contributed by atoms with van der Waals surface area (Å²) in [6.07, 6.45) is 13.5. The second kappa shape index (κ2) is 8.72. The summed E-state index contributed by atoms with van der Waals surface area (Å²) >= 11 is 13.9. The Morgan fingerprint density at radius 3 is 1.19 bits per heavy atom. The summed E-state index contributed by atoms with van der Waals surface area (Å²) in [5, 5.41) is 2.21. The van der Waals surface area contributed by atoms with Gasteiger partial charge < -0.3 is 0 Å². The topological polar surface area (TPSA) is 0 Å². The number of hydrogen-bond acceptors (Lipinski definition) is 0. The van der Waals surface area contributed by atoms with Gasteiger partial charge in [-0.05, 0) is 59.0 Å². The van der Waals surface area contributed by atoms with E-state index in [1.807, 2.05) is 0 Å². The standard InChI is InChI=1S/C24H30Cl2Si/c25-27(26,23-15-11-21(12-16-23)19-7-3-1-4-8-19)24-17-13-22(14-18-24)20-9-5-2-6-10-20/h11-20H,1-10H2. The molecule has 2 aromatic carbocycles. The Labute approximate surface area is 174 Å². The number of hydrogen-bond donors (Lipinski definition) is 0. The summed E-state index contributed by atoms with van der Waals surface area (Å²) in [5.41, 5.74) is 2.92. The molecule has 0 aromatic heterocycles. The molecule has 3 heteroatoms. The third-order valence-corrected chi connectivity index (χ3v) is 11.4. The third kappa shape index (κ3) is 4.47.